The van der Waals surface area contributed by atoms with Gasteiger partial charge in [-0.05, 0) is 82.6 Å². The largest absolute Gasteiger partial charge is 0.494 e. The van der Waals surface area contributed by atoms with E-state index in [1.807, 2.05) is 36.4 Å². The number of furan rings is 1. The molecule has 0 aliphatic rings. The highest BCUT2D eigenvalue weighted by atomic mass is 16.5. The number of nitrogens with one attached hydrogen (secondary N) is 1. The number of aliphatic carboxylic acids is 4. The molecule has 7 N–H and O–H groups in total. The van der Waals surface area contributed by atoms with Gasteiger partial charge in [-0.1, -0.05) is 13.3 Å². The topological polar surface area (TPSA) is 227 Å². The van der Waals surface area contributed by atoms with Crippen LogP contribution in [0.25, 0.3) is 11.0 Å². The summed E-state index contributed by atoms with van der Waals surface area (Å²) in [5, 5.41) is 33.8. The van der Waals surface area contributed by atoms with Gasteiger partial charge >= 0.3 is 23.9 Å². The molecule has 13 heteroatoms. The Hall–Kier alpha value is -4.91. The number of carboxylic acid groups (broad SMARTS) is 4. The van der Waals surface area contributed by atoms with Gasteiger partial charge in [0.15, 0.2) is 5.78 Å². The van der Waals surface area contributed by atoms with Crippen molar-refractivity contribution in [2.24, 2.45) is 0 Å². The highest BCUT2D eigenvalue weighted by Crippen LogP contribution is 2.31. The van der Waals surface area contributed by atoms with E-state index in [4.69, 9.17) is 54.5 Å². The molecule has 0 saturated heterocycles. The maximum atomic E-state index is 13.4. The molecule has 0 atom stereocenters. The zero-order valence-electron chi connectivity index (χ0n) is 24.5. The molecule has 3 rings (SSSR count). The molecule has 1 heterocycles. The van der Waals surface area contributed by atoms with Crippen LogP contribution in [0.15, 0.2) is 46.9 Å². The Bertz CT molecular complexity index is 1360. The molecule has 1 aromatic heterocycles. The van der Waals surface area contributed by atoms with Gasteiger partial charge in [-0.2, -0.15) is 0 Å². The SMILES string of the molecule is CCCCc1oc2ccc(N)cc2c1C(=O)c1ccc(OCCCNC(C)(C)C)cc1.O=C(O)C(=O)O.O=C(O)C(=O)O. The molecule has 3 aromatic rings. The third-order valence-corrected chi connectivity index (χ3v) is 5.50. The van der Waals surface area contributed by atoms with Crippen molar-refractivity contribution in [3.8, 4) is 5.75 Å². The Morgan fingerprint density at radius 2 is 1.42 bits per heavy atom. The summed E-state index contributed by atoms with van der Waals surface area (Å²) in [6.45, 7) is 10.1. The predicted octanol–water partition coefficient (Wildman–Crippen LogP) is 4.06. The molecule has 0 unspecified atom stereocenters. The summed E-state index contributed by atoms with van der Waals surface area (Å²) in [5.74, 6) is -5.84. The number of carbonyl (C=O) groups is 5. The number of nitrogen functional groups attached to an aromatic ring is 1. The summed E-state index contributed by atoms with van der Waals surface area (Å²) < 4.78 is 11.8. The lowest BCUT2D eigenvalue weighted by Gasteiger charge is -2.20. The fraction of sp³-hybridized carbons (Fsp3) is 0.367. The molecule has 43 heavy (non-hydrogen) atoms. The van der Waals surface area contributed by atoms with Crippen LogP contribution in [-0.2, 0) is 25.6 Å². The normalized spacial score (nSPS) is 10.5. The number of aryl methyl sites for hydroxylation is 1. The van der Waals surface area contributed by atoms with E-state index in [9.17, 15) is 4.79 Å². The lowest BCUT2D eigenvalue weighted by atomic mass is 9.98. The van der Waals surface area contributed by atoms with Crippen LogP contribution in [0.5, 0.6) is 5.75 Å². The number of rotatable bonds is 10. The lowest BCUT2D eigenvalue weighted by Crippen LogP contribution is -2.36. The van der Waals surface area contributed by atoms with Crippen LogP contribution in [0.1, 0.15) is 68.6 Å². The highest BCUT2D eigenvalue weighted by molar-refractivity contribution is 6.27. The highest BCUT2D eigenvalue weighted by Gasteiger charge is 2.22. The number of fused-ring (bicyclic) bond motifs is 1. The zero-order chi connectivity index (χ0) is 32.7. The molecule has 2 aromatic carbocycles. The Balaban J connectivity index is 0.000000649. The monoisotopic (exact) mass is 602 g/mol. The third kappa shape index (κ3) is 13.1. The number of carbonyl (C=O) groups excluding carboxylic acids is 1. The van der Waals surface area contributed by atoms with E-state index in [1.165, 1.54) is 0 Å². The van der Waals surface area contributed by atoms with Crippen LogP contribution in [0.3, 0.4) is 0 Å². The van der Waals surface area contributed by atoms with Crippen molar-refractivity contribution in [3.63, 3.8) is 0 Å². The molecule has 234 valence electrons. The van der Waals surface area contributed by atoms with E-state index in [0.29, 0.717) is 29.0 Å². The summed E-state index contributed by atoms with van der Waals surface area (Å²) in [6.07, 6.45) is 3.65. The molecule has 0 aliphatic heterocycles. The van der Waals surface area contributed by atoms with Crippen molar-refractivity contribution in [3.05, 3.63) is 59.4 Å². The van der Waals surface area contributed by atoms with E-state index < -0.39 is 23.9 Å². The average Bonchev–Trinajstić information content (AvgIpc) is 3.28. The standard InChI is InChI=1S/C26H34N2O3.2C2H2O4/c1-5-6-8-23-24(21-17-19(27)11-14-22(21)31-23)25(29)18-9-12-20(13-10-18)30-16-7-15-28-26(2,3)4;2*3-1(4)2(5)6/h9-14,17,28H,5-8,15-16,27H2,1-4H3;2*(H,3,4)(H,5,6). The number of benzene rings is 2. The second-order valence-electron chi connectivity index (χ2n) is 10.2. The van der Waals surface area contributed by atoms with Crippen molar-refractivity contribution < 1.29 is 53.6 Å². The molecule has 0 spiro atoms. The molecule has 0 amide bonds. The quantitative estimate of drug-likeness (QED) is 0.0834. The van der Waals surface area contributed by atoms with Gasteiger partial charge in [-0.25, -0.2) is 19.2 Å². The summed E-state index contributed by atoms with van der Waals surface area (Å²) in [4.78, 5) is 49.8. The van der Waals surface area contributed by atoms with Gasteiger partial charge in [0, 0.05) is 28.6 Å². The van der Waals surface area contributed by atoms with E-state index in [1.54, 1.807) is 6.07 Å². The molecular weight excluding hydrogens is 564 g/mol. The van der Waals surface area contributed by atoms with Crippen LogP contribution in [0.2, 0.25) is 0 Å². The number of anilines is 1. The van der Waals surface area contributed by atoms with Crippen molar-refractivity contribution >= 4 is 46.3 Å². The Labute approximate surface area is 248 Å². The number of unbranched alkanes of at least 4 members (excludes halogenated alkanes) is 1. The van der Waals surface area contributed by atoms with E-state index in [0.717, 1.165) is 49.1 Å². The summed E-state index contributed by atoms with van der Waals surface area (Å²) in [7, 11) is 0. The number of ether oxygens (including phenoxy) is 1. The molecule has 13 nitrogen and oxygen atoms in total. The number of nitrogens with two attached hydrogens (primary N) is 1. The van der Waals surface area contributed by atoms with Crippen LogP contribution in [0.4, 0.5) is 5.69 Å². The molecule has 0 saturated carbocycles. The lowest BCUT2D eigenvalue weighted by molar-refractivity contribution is -0.159. The minimum Gasteiger partial charge on any atom is -0.494 e. The minimum atomic E-state index is -1.82. The molecule has 0 aliphatic carbocycles. The third-order valence-electron chi connectivity index (χ3n) is 5.50. The first kappa shape index (κ1) is 36.1. The van der Waals surface area contributed by atoms with Gasteiger partial charge < -0.3 is 40.6 Å². The van der Waals surface area contributed by atoms with E-state index in [2.05, 4.69) is 33.0 Å². The summed E-state index contributed by atoms with van der Waals surface area (Å²) in [5.41, 5.74) is 8.65. The van der Waals surface area contributed by atoms with Crippen LogP contribution >= 0.6 is 0 Å². The van der Waals surface area contributed by atoms with Gasteiger partial charge in [0.05, 0.1) is 12.2 Å². The Morgan fingerprint density at radius 3 is 1.91 bits per heavy atom. The molecular formula is C30H38N2O11. The number of ketones is 1. The summed E-state index contributed by atoms with van der Waals surface area (Å²) >= 11 is 0. The fourth-order valence-electron chi connectivity index (χ4n) is 3.50. The first-order valence-electron chi connectivity index (χ1n) is 13.3. The van der Waals surface area contributed by atoms with E-state index in [-0.39, 0.29) is 11.3 Å². The van der Waals surface area contributed by atoms with Crippen LogP contribution < -0.4 is 15.8 Å². The second kappa shape index (κ2) is 17.1. The first-order chi connectivity index (χ1) is 20.1. The molecule has 0 radical (unpaired) electrons. The molecule has 0 fully saturated rings. The Morgan fingerprint density at radius 1 is 0.860 bits per heavy atom. The predicted molar refractivity (Wildman–Crippen MR) is 158 cm³/mol. The van der Waals surface area contributed by atoms with Crippen molar-refractivity contribution in [2.75, 3.05) is 18.9 Å². The number of carboxylic acids is 4. The smallest absolute Gasteiger partial charge is 0.414 e. The number of hydrogen-bond acceptors (Lipinski definition) is 9. The maximum absolute atomic E-state index is 13.4. The number of hydrogen-bond donors (Lipinski definition) is 6. The summed E-state index contributed by atoms with van der Waals surface area (Å²) in [6, 6.07) is 12.8. The van der Waals surface area contributed by atoms with Crippen LogP contribution in [-0.4, -0.2) is 68.8 Å². The van der Waals surface area contributed by atoms with Gasteiger partial charge in [0.2, 0.25) is 0 Å². The molecule has 0 bridgehead atoms. The van der Waals surface area contributed by atoms with Crippen molar-refractivity contribution in [1.29, 1.82) is 0 Å². The minimum absolute atomic E-state index is 0.0450. The zero-order valence-corrected chi connectivity index (χ0v) is 24.5. The van der Waals surface area contributed by atoms with Crippen LogP contribution in [0, 0.1) is 0 Å². The first-order valence-corrected chi connectivity index (χ1v) is 13.3. The van der Waals surface area contributed by atoms with Gasteiger partial charge in [-0.3, -0.25) is 4.79 Å². The van der Waals surface area contributed by atoms with Crippen molar-refractivity contribution in [2.45, 2.75) is 58.9 Å². The van der Waals surface area contributed by atoms with Gasteiger partial charge in [0.25, 0.3) is 0 Å². The average molecular weight is 603 g/mol. The van der Waals surface area contributed by atoms with Crippen molar-refractivity contribution in [1.82, 2.24) is 5.32 Å². The second-order valence-corrected chi connectivity index (χ2v) is 10.2. The van der Waals surface area contributed by atoms with E-state index >= 15 is 0 Å². The fourth-order valence-corrected chi connectivity index (χ4v) is 3.50. The van der Waals surface area contributed by atoms with Gasteiger partial charge in [-0.15, -0.1) is 0 Å². The Kier molecular flexibility index (Phi) is 14.4. The maximum Gasteiger partial charge on any atom is 0.414 e. The van der Waals surface area contributed by atoms with Gasteiger partial charge in [0.1, 0.15) is 17.1 Å².